The summed E-state index contributed by atoms with van der Waals surface area (Å²) < 4.78 is 1.83. The zero-order valence-corrected chi connectivity index (χ0v) is 15.0. The van der Waals surface area contributed by atoms with E-state index >= 15 is 0 Å². The fraction of sp³-hybridized carbons (Fsp3) is 0.350. The summed E-state index contributed by atoms with van der Waals surface area (Å²) in [5.74, 6) is 7.09. The number of nitrogens with one attached hydrogen (secondary N) is 1. The summed E-state index contributed by atoms with van der Waals surface area (Å²) in [4.78, 5) is 13.5. The molecule has 1 saturated carbocycles. The van der Waals surface area contributed by atoms with E-state index < -0.39 is 12.2 Å². The highest BCUT2D eigenvalue weighted by molar-refractivity contribution is 5.83. The number of aliphatic hydroxyl groups is 2. The molecule has 138 valence electrons. The topological polar surface area (TPSA) is 96.1 Å². The standard InChI is InChI=1S/C20H21N5O2/c1-2-21-19-17-20(25(12-22-17)14-9-10-15(26)18(14)27)24-16(23-19)11-8-13-6-4-3-5-7-13/h3-7,12,14-15,18,26-27H,2,9-10H2,1H3,(H,21,23,24)/t14-,15-,18+/m1/s1. The van der Waals surface area contributed by atoms with Gasteiger partial charge in [-0.2, -0.15) is 0 Å². The number of aliphatic hydroxyl groups excluding tert-OH is 2. The van der Waals surface area contributed by atoms with E-state index in [1.807, 2.05) is 41.8 Å². The number of benzene rings is 1. The van der Waals surface area contributed by atoms with E-state index in [9.17, 15) is 10.2 Å². The summed E-state index contributed by atoms with van der Waals surface area (Å²) in [7, 11) is 0. The van der Waals surface area contributed by atoms with Gasteiger partial charge in [0.2, 0.25) is 5.82 Å². The van der Waals surface area contributed by atoms with E-state index in [4.69, 9.17) is 0 Å². The van der Waals surface area contributed by atoms with Crippen LogP contribution in [0.25, 0.3) is 11.2 Å². The van der Waals surface area contributed by atoms with Crippen molar-refractivity contribution in [3.05, 3.63) is 48.0 Å². The van der Waals surface area contributed by atoms with Crippen LogP contribution in [0.2, 0.25) is 0 Å². The molecule has 0 unspecified atom stereocenters. The van der Waals surface area contributed by atoms with Gasteiger partial charge in [0.05, 0.1) is 18.5 Å². The Labute approximate surface area is 157 Å². The highest BCUT2D eigenvalue weighted by Gasteiger charge is 2.35. The molecule has 4 rings (SSSR count). The second kappa shape index (κ2) is 7.35. The summed E-state index contributed by atoms with van der Waals surface area (Å²) in [6.45, 7) is 2.67. The lowest BCUT2D eigenvalue weighted by atomic mass is 10.2. The molecule has 2 heterocycles. The minimum Gasteiger partial charge on any atom is -0.390 e. The molecule has 0 radical (unpaired) electrons. The van der Waals surface area contributed by atoms with Crippen molar-refractivity contribution in [2.24, 2.45) is 0 Å². The Balaban J connectivity index is 1.79. The molecule has 0 aliphatic heterocycles. The van der Waals surface area contributed by atoms with Crippen LogP contribution in [0.15, 0.2) is 36.7 Å². The fourth-order valence-electron chi connectivity index (χ4n) is 3.40. The normalized spacial score (nSPS) is 21.8. The third kappa shape index (κ3) is 3.37. The van der Waals surface area contributed by atoms with Gasteiger partial charge in [0.15, 0.2) is 17.0 Å². The number of nitrogens with zero attached hydrogens (tertiary/aromatic N) is 4. The van der Waals surface area contributed by atoms with E-state index in [1.54, 1.807) is 6.33 Å². The number of imidazole rings is 1. The summed E-state index contributed by atoms with van der Waals surface area (Å²) in [6.07, 6.45) is 1.32. The molecule has 2 aromatic heterocycles. The average Bonchev–Trinajstić information content (AvgIpc) is 3.25. The van der Waals surface area contributed by atoms with Gasteiger partial charge in [-0.15, -0.1) is 0 Å². The molecule has 0 spiro atoms. The van der Waals surface area contributed by atoms with Crippen LogP contribution in [0.4, 0.5) is 5.82 Å². The van der Waals surface area contributed by atoms with Crippen LogP contribution in [0.5, 0.6) is 0 Å². The summed E-state index contributed by atoms with van der Waals surface area (Å²) in [5.41, 5.74) is 2.13. The molecular weight excluding hydrogens is 342 g/mol. The van der Waals surface area contributed by atoms with Crippen LogP contribution < -0.4 is 5.32 Å². The van der Waals surface area contributed by atoms with E-state index in [0.29, 0.717) is 42.2 Å². The van der Waals surface area contributed by atoms with Gasteiger partial charge >= 0.3 is 0 Å². The highest BCUT2D eigenvalue weighted by Crippen LogP contribution is 2.33. The van der Waals surface area contributed by atoms with E-state index in [2.05, 4.69) is 32.1 Å². The number of hydrogen-bond acceptors (Lipinski definition) is 6. The first kappa shape index (κ1) is 17.5. The highest BCUT2D eigenvalue weighted by atomic mass is 16.3. The number of aromatic nitrogens is 4. The van der Waals surface area contributed by atoms with Crippen molar-refractivity contribution in [1.29, 1.82) is 0 Å². The van der Waals surface area contributed by atoms with Crippen molar-refractivity contribution in [3.8, 4) is 11.8 Å². The molecular formula is C20H21N5O2. The van der Waals surface area contributed by atoms with Crippen molar-refractivity contribution in [2.75, 3.05) is 11.9 Å². The maximum absolute atomic E-state index is 10.3. The van der Waals surface area contributed by atoms with E-state index in [-0.39, 0.29) is 6.04 Å². The Hall–Kier alpha value is -2.95. The minimum absolute atomic E-state index is 0.260. The lowest BCUT2D eigenvalue weighted by molar-refractivity contribution is 0.0241. The molecule has 0 saturated heterocycles. The molecule has 1 aliphatic carbocycles. The summed E-state index contributed by atoms with van der Waals surface area (Å²) in [5, 5.41) is 23.4. The van der Waals surface area contributed by atoms with Crippen LogP contribution in [0.1, 0.15) is 37.2 Å². The largest absolute Gasteiger partial charge is 0.390 e. The number of hydrogen-bond donors (Lipinski definition) is 3. The second-order valence-corrected chi connectivity index (χ2v) is 6.57. The van der Waals surface area contributed by atoms with Gasteiger partial charge < -0.3 is 20.1 Å². The molecule has 3 atom stereocenters. The molecule has 0 amide bonds. The maximum Gasteiger partial charge on any atom is 0.209 e. The SMILES string of the molecule is CCNc1nc(C#Cc2ccccc2)nc2c1ncn2[C@@H]1CC[C@@H](O)[C@H]1O. The van der Waals surface area contributed by atoms with Gasteiger partial charge in [0.1, 0.15) is 6.10 Å². The predicted octanol–water partition coefficient (Wildman–Crippen LogP) is 1.71. The lowest BCUT2D eigenvalue weighted by Gasteiger charge is -2.18. The summed E-state index contributed by atoms with van der Waals surface area (Å²) in [6, 6.07) is 9.40. The summed E-state index contributed by atoms with van der Waals surface area (Å²) >= 11 is 0. The van der Waals surface area contributed by atoms with Crippen molar-refractivity contribution in [3.63, 3.8) is 0 Å². The lowest BCUT2D eigenvalue weighted by Crippen LogP contribution is -2.27. The Morgan fingerprint density at radius 2 is 1.96 bits per heavy atom. The smallest absolute Gasteiger partial charge is 0.209 e. The first-order valence-corrected chi connectivity index (χ1v) is 9.09. The minimum atomic E-state index is -0.834. The quantitative estimate of drug-likeness (QED) is 0.613. The monoisotopic (exact) mass is 363 g/mol. The van der Waals surface area contributed by atoms with Crippen LogP contribution in [-0.2, 0) is 0 Å². The zero-order chi connectivity index (χ0) is 18.8. The molecule has 3 aromatic rings. The van der Waals surface area contributed by atoms with Crippen LogP contribution in [-0.4, -0.2) is 48.5 Å². The third-order valence-corrected chi connectivity index (χ3v) is 4.76. The van der Waals surface area contributed by atoms with Gasteiger partial charge in [-0.25, -0.2) is 15.0 Å². The van der Waals surface area contributed by atoms with E-state index in [1.165, 1.54) is 0 Å². The van der Waals surface area contributed by atoms with Gasteiger partial charge in [0, 0.05) is 12.1 Å². The van der Waals surface area contributed by atoms with Crippen LogP contribution in [0.3, 0.4) is 0 Å². The Bertz CT molecular complexity index is 1010. The Kier molecular flexibility index (Phi) is 4.75. The van der Waals surface area contributed by atoms with Gasteiger partial charge in [-0.05, 0) is 37.8 Å². The molecule has 1 aliphatic rings. The molecule has 1 aromatic carbocycles. The van der Waals surface area contributed by atoms with Crippen molar-refractivity contribution in [1.82, 2.24) is 19.5 Å². The zero-order valence-electron chi connectivity index (χ0n) is 15.0. The Morgan fingerprint density at radius 1 is 1.15 bits per heavy atom. The third-order valence-electron chi connectivity index (χ3n) is 4.76. The first-order valence-electron chi connectivity index (χ1n) is 9.09. The van der Waals surface area contributed by atoms with E-state index in [0.717, 1.165) is 5.56 Å². The van der Waals surface area contributed by atoms with Gasteiger partial charge in [0.25, 0.3) is 0 Å². The molecule has 27 heavy (non-hydrogen) atoms. The predicted molar refractivity (Wildman–Crippen MR) is 102 cm³/mol. The number of fused-ring (bicyclic) bond motifs is 1. The van der Waals surface area contributed by atoms with Gasteiger partial charge in [-0.1, -0.05) is 24.1 Å². The number of anilines is 1. The fourth-order valence-corrected chi connectivity index (χ4v) is 3.40. The van der Waals surface area contributed by atoms with Crippen molar-refractivity contribution in [2.45, 2.75) is 38.0 Å². The van der Waals surface area contributed by atoms with Crippen LogP contribution in [0, 0.1) is 11.8 Å². The van der Waals surface area contributed by atoms with Crippen LogP contribution >= 0.6 is 0 Å². The molecule has 0 bridgehead atoms. The average molecular weight is 363 g/mol. The molecule has 7 heteroatoms. The van der Waals surface area contributed by atoms with Crippen molar-refractivity contribution < 1.29 is 10.2 Å². The Morgan fingerprint density at radius 3 is 2.67 bits per heavy atom. The maximum atomic E-state index is 10.3. The number of rotatable bonds is 3. The van der Waals surface area contributed by atoms with Gasteiger partial charge in [-0.3, -0.25) is 0 Å². The first-order chi connectivity index (χ1) is 13.2. The van der Waals surface area contributed by atoms with Crippen molar-refractivity contribution >= 4 is 17.0 Å². The molecule has 7 nitrogen and oxygen atoms in total. The second-order valence-electron chi connectivity index (χ2n) is 6.57. The molecule has 3 N–H and O–H groups in total. The molecule has 1 fully saturated rings.